The zero-order chi connectivity index (χ0) is 55.0. The van der Waals surface area contributed by atoms with Gasteiger partial charge in [-0.1, -0.05) is 307 Å². The molecule has 6 heteroatoms. The van der Waals surface area contributed by atoms with Gasteiger partial charge in [-0.2, -0.15) is 0 Å². The molecule has 0 spiro atoms. The van der Waals surface area contributed by atoms with Gasteiger partial charge in [-0.25, -0.2) is 0 Å². The van der Waals surface area contributed by atoms with Crippen LogP contribution in [0.1, 0.15) is 361 Å². The van der Waals surface area contributed by atoms with Gasteiger partial charge in [-0.05, 0) is 83.5 Å². The number of carbonyl (C=O) groups excluding carboxylic acids is 3. The average Bonchev–Trinajstić information content (AvgIpc) is 3.42. The summed E-state index contributed by atoms with van der Waals surface area (Å²) in [6, 6.07) is 0. The van der Waals surface area contributed by atoms with Gasteiger partial charge in [-0.15, -0.1) is 0 Å². The summed E-state index contributed by atoms with van der Waals surface area (Å²) in [5, 5.41) is 0. The Morgan fingerprint density at radius 3 is 0.750 bits per heavy atom. The van der Waals surface area contributed by atoms with Crippen LogP contribution >= 0.6 is 0 Å². The van der Waals surface area contributed by atoms with Crippen molar-refractivity contribution >= 4 is 17.9 Å². The average molecular weight is 1070 g/mol. The molecular weight excluding hydrogens is 937 g/mol. The fourth-order valence-corrected chi connectivity index (χ4v) is 9.98. The molecule has 0 aliphatic carbocycles. The molecule has 0 bridgehead atoms. The Kier molecular flexibility index (Phi) is 62.6. The topological polar surface area (TPSA) is 78.9 Å². The van der Waals surface area contributed by atoms with Gasteiger partial charge in [0.1, 0.15) is 13.2 Å². The summed E-state index contributed by atoms with van der Waals surface area (Å²) in [7, 11) is 0. The summed E-state index contributed by atoms with van der Waals surface area (Å²) in [5.74, 6) is -0.862. The maximum Gasteiger partial charge on any atom is 0.306 e. The van der Waals surface area contributed by atoms with E-state index >= 15 is 0 Å². The van der Waals surface area contributed by atoms with E-state index in [1.165, 1.54) is 244 Å². The lowest BCUT2D eigenvalue weighted by Gasteiger charge is -2.18. The fraction of sp³-hybridized carbons (Fsp3) is 0.843. The second kappa shape index (κ2) is 64.9. The van der Waals surface area contributed by atoms with E-state index in [0.29, 0.717) is 19.3 Å². The third-order valence-corrected chi connectivity index (χ3v) is 15.1. The SMILES string of the molecule is CCCCCCC/C=C\C/C=C\C/C=C\CCCCCCCCCCCCCCCCCCCCC(=O)OCC(COC(=O)CCCCCCCCCCC)OC(=O)CCCCCCC/C=C\CCCCCCCCC. The molecule has 0 aromatic heterocycles. The van der Waals surface area contributed by atoms with Gasteiger partial charge >= 0.3 is 17.9 Å². The van der Waals surface area contributed by atoms with Crippen LogP contribution in [0.15, 0.2) is 48.6 Å². The molecule has 0 saturated carbocycles. The van der Waals surface area contributed by atoms with E-state index < -0.39 is 6.10 Å². The summed E-state index contributed by atoms with van der Waals surface area (Å²) in [5.41, 5.74) is 0. The molecule has 0 rings (SSSR count). The van der Waals surface area contributed by atoms with Crippen molar-refractivity contribution in [1.82, 2.24) is 0 Å². The minimum atomic E-state index is -0.773. The lowest BCUT2D eigenvalue weighted by atomic mass is 10.0. The Balaban J connectivity index is 4.04. The molecule has 0 aliphatic heterocycles. The predicted molar refractivity (Wildman–Crippen MR) is 330 cm³/mol. The fourth-order valence-electron chi connectivity index (χ4n) is 9.98. The van der Waals surface area contributed by atoms with Crippen molar-refractivity contribution in [2.45, 2.75) is 367 Å². The molecule has 0 aromatic carbocycles. The second-order valence-electron chi connectivity index (χ2n) is 22.7. The van der Waals surface area contributed by atoms with E-state index in [1.807, 2.05) is 0 Å². The maximum atomic E-state index is 12.9. The van der Waals surface area contributed by atoms with Crippen LogP contribution in [0.2, 0.25) is 0 Å². The van der Waals surface area contributed by atoms with Crippen LogP contribution in [-0.4, -0.2) is 37.2 Å². The van der Waals surface area contributed by atoms with Gasteiger partial charge in [-0.3, -0.25) is 14.4 Å². The van der Waals surface area contributed by atoms with Crippen LogP contribution < -0.4 is 0 Å². The van der Waals surface area contributed by atoms with Gasteiger partial charge < -0.3 is 14.2 Å². The van der Waals surface area contributed by atoms with E-state index in [0.717, 1.165) is 77.0 Å². The first-order valence-electron chi connectivity index (χ1n) is 33.6. The highest BCUT2D eigenvalue weighted by Gasteiger charge is 2.19. The van der Waals surface area contributed by atoms with Crippen molar-refractivity contribution < 1.29 is 28.6 Å². The smallest absolute Gasteiger partial charge is 0.306 e. The Labute approximate surface area is 473 Å². The first kappa shape index (κ1) is 73.4. The summed E-state index contributed by atoms with van der Waals surface area (Å²) in [6.07, 6.45) is 81.5. The number of hydrogen-bond acceptors (Lipinski definition) is 6. The Hall–Kier alpha value is -2.63. The summed E-state index contributed by atoms with van der Waals surface area (Å²) < 4.78 is 16.9. The predicted octanol–water partition coefficient (Wildman–Crippen LogP) is 22.9. The minimum Gasteiger partial charge on any atom is -0.462 e. The molecular formula is C70H128O6. The van der Waals surface area contributed by atoms with Crippen molar-refractivity contribution in [2.24, 2.45) is 0 Å². The number of rotatable bonds is 62. The summed E-state index contributed by atoms with van der Waals surface area (Å²) >= 11 is 0. The second-order valence-corrected chi connectivity index (χ2v) is 22.7. The van der Waals surface area contributed by atoms with E-state index in [-0.39, 0.29) is 31.1 Å². The van der Waals surface area contributed by atoms with Gasteiger partial charge in [0.25, 0.3) is 0 Å². The quantitative estimate of drug-likeness (QED) is 0.0261. The summed E-state index contributed by atoms with van der Waals surface area (Å²) in [4.78, 5) is 38.2. The van der Waals surface area contributed by atoms with Crippen molar-refractivity contribution in [3.63, 3.8) is 0 Å². The first-order valence-corrected chi connectivity index (χ1v) is 33.6. The molecule has 444 valence electrons. The van der Waals surface area contributed by atoms with Crippen molar-refractivity contribution in [1.29, 1.82) is 0 Å². The van der Waals surface area contributed by atoms with Gasteiger partial charge in [0.05, 0.1) is 0 Å². The molecule has 6 nitrogen and oxygen atoms in total. The Morgan fingerprint density at radius 2 is 0.474 bits per heavy atom. The number of unbranched alkanes of at least 4 members (excludes halogenated alkanes) is 43. The number of hydrogen-bond donors (Lipinski definition) is 0. The standard InChI is InChI=1S/C70H128O6/c1-4-7-10-13-16-19-21-23-25-27-28-29-30-31-32-33-34-35-36-37-38-39-40-41-42-43-45-46-48-51-54-57-60-63-69(72)75-66-67(65-74-68(71)62-59-56-53-50-18-15-12-9-6-3)76-70(73)64-61-58-55-52-49-47-44-26-24-22-20-17-14-11-8-5-2/h21,23,26-28,30-31,44,67H,4-20,22,24-25,29,32-43,45-66H2,1-3H3/b23-21-,28-27-,31-30-,44-26-. The number of carbonyl (C=O) groups is 3. The van der Waals surface area contributed by atoms with Crippen LogP contribution in [-0.2, 0) is 28.6 Å². The molecule has 0 saturated heterocycles. The minimum absolute atomic E-state index is 0.0715. The molecule has 0 radical (unpaired) electrons. The monoisotopic (exact) mass is 1060 g/mol. The maximum absolute atomic E-state index is 12.9. The van der Waals surface area contributed by atoms with E-state index in [1.54, 1.807) is 0 Å². The third kappa shape index (κ3) is 62.2. The Morgan fingerprint density at radius 1 is 0.263 bits per heavy atom. The van der Waals surface area contributed by atoms with E-state index in [2.05, 4.69) is 69.4 Å². The Bertz CT molecular complexity index is 1310. The number of ether oxygens (including phenoxy) is 3. The van der Waals surface area contributed by atoms with Crippen molar-refractivity contribution in [2.75, 3.05) is 13.2 Å². The molecule has 1 atom stereocenters. The normalized spacial score (nSPS) is 12.3. The zero-order valence-corrected chi connectivity index (χ0v) is 51.0. The van der Waals surface area contributed by atoms with Crippen LogP contribution in [0.3, 0.4) is 0 Å². The molecule has 0 N–H and O–H groups in total. The highest BCUT2D eigenvalue weighted by molar-refractivity contribution is 5.71. The summed E-state index contributed by atoms with van der Waals surface area (Å²) in [6.45, 7) is 6.65. The first-order chi connectivity index (χ1) is 37.5. The molecule has 76 heavy (non-hydrogen) atoms. The lowest BCUT2D eigenvalue weighted by molar-refractivity contribution is -0.167. The van der Waals surface area contributed by atoms with Crippen molar-refractivity contribution in [3.05, 3.63) is 48.6 Å². The van der Waals surface area contributed by atoms with E-state index in [9.17, 15) is 14.4 Å². The lowest BCUT2D eigenvalue weighted by Crippen LogP contribution is -2.30. The van der Waals surface area contributed by atoms with Crippen LogP contribution in [0, 0.1) is 0 Å². The van der Waals surface area contributed by atoms with Crippen LogP contribution in [0.25, 0.3) is 0 Å². The molecule has 0 fully saturated rings. The molecule has 0 aliphatic rings. The molecule has 0 amide bonds. The number of allylic oxidation sites excluding steroid dienone is 8. The van der Waals surface area contributed by atoms with Gasteiger partial charge in [0, 0.05) is 19.3 Å². The van der Waals surface area contributed by atoms with E-state index in [4.69, 9.17) is 14.2 Å². The molecule has 0 aromatic rings. The largest absolute Gasteiger partial charge is 0.462 e. The van der Waals surface area contributed by atoms with Gasteiger partial charge in [0.15, 0.2) is 6.10 Å². The van der Waals surface area contributed by atoms with Crippen LogP contribution in [0.5, 0.6) is 0 Å². The number of esters is 3. The molecule has 0 heterocycles. The van der Waals surface area contributed by atoms with Gasteiger partial charge in [0.2, 0.25) is 0 Å². The highest BCUT2D eigenvalue weighted by Crippen LogP contribution is 2.17. The molecule has 1 unspecified atom stereocenters. The van der Waals surface area contributed by atoms with Crippen LogP contribution in [0.4, 0.5) is 0 Å². The zero-order valence-electron chi connectivity index (χ0n) is 51.0. The van der Waals surface area contributed by atoms with Crippen molar-refractivity contribution in [3.8, 4) is 0 Å². The highest BCUT2D eigenvalue weighted by atomic mass is 16.6. The third-order valence-electron chi connectivity index (χ3n) is 15.1.